The summed E-state index contributed by atoms with van der Waals surface area (Å²) in [5.74, 6) is -0.890. The highest BCUT2D eigenvalue weighted by atomic mass is 35.5. The second kappa shape index (κ2) is 9.72. The van der Waals surface area contributed by atoms with Gasteiger partial charge in [0.2, 0.25) is 5.95 Å². The largest absolute Gasteiger partial charge is 0.420 e. The van der Waals surface area contributed by atoms with Crippen LogP contribution in [0.5, 0.6) is 0 Å². The molecule has 0 spiro atoms. The molecule has 2 aliphatic heterocycles. The third-order valence-electron chi connectivity index (χ3n) is 7.35. The van der Waals surface area contributed by atoms with Crippen LogP contribution < -0.4 is 10.6 Å². The van der Waals surface area contributed by atoms with E-state index >= 15 is 0 Å². The van der Waals surface area contributed by atoms with E-state index in [1.54, 1.807) is 11.0 Å². The number of halogens is 4. The minimum absolute atomic E-state index is 0.0538. The zero-order valence-corrected chi connectivity index (χ0v) is 22.8. The van der Waals surface area contributed by atoms with E-state index < -0.39 is 33.2 Å². The second-order valence-corrected chi connectivity index (χ2v) is 13.3. The summed E-state index contributed by atoms with van der Waals surface area (Å²) in [6.07, 6.45) is -0.891. The first kappa shape index (κ1) is 26.5. The number of aromatic nitrogens is 2. The van der Waals surface area contributed by atoms with Gasteiger partial charge in [0.1, 0.15) is 10.4 Å². The van der Waals surface area contributed by atoms with E-state index in [1.165, 1.54) is 0 Å². The predicted molar refractivity (Wildman–Crippen MR) is 141 cm³/mol. The van der Waals surface area contributed by atoms with Gasteiger partial charge in [0.25, 0.3) is 5.91 Å². The van der Waals surface area contributed by atoms with Crippen molar-refractivity contribution in [2.24, 2.45) is 0 Å². The Bertz CT molecular complexity index is 1590. The second-order valence-electron chi connectivity index (χ2n) is 9.81. The van der Waals surface area contributed by atoms with Gasteiger partial charge in [0.15, 0.2) is 9.84 Å². The fourth-order valence-corrected chi connectivity index (χ4v) is 8.19. The molecule has 0 bridgehead atoms. The molecule has 3 aliphatic rings. The lowest BCUT2D eigenvalue weighted by Gasteiger charge is -2.36. The van der Waals surface area contributed by atoms with Crippen LogP contribution in [-0.2, 0) is 29.0 Å². The first-order valence-electron chi connectivity index (χ1n) is 12.4. The van der Waals surface area contributed by atoms with E-state index in [0.717, 1.165) is 49.4 Å². The Morgan fingerprint density at radius 3 is 2.69 bits per heavy atom. The molecule has 1 amide bonds. The molecule has 0 unspecified atom stereocenters. The molecule has 1 aliphatic carbocycles. The van der Waals surface area contributed by atoms with Crippen LogP contribution in [0.25, 0.3) is 10.6 Å². The summed E-state index contributed by atoms with van der Waals surface area (Å²) in [6.45, 7) is 1.52. The van der Waals surface area contributed by atoms with Crippen LogP contribution in [0.15, 0.2) is 29.3 Å². The summed E-state index contributed by atoms with van der Waals surface area (Å²) in [5.41, 5.74) is 0.892. The van der Waals surface area contributed by atoms with E-state index in [9.17, 15) is 26.4 Å². The Labute approximate surface area is 231 Å². The minimum atomic E-state index is -4.81. The summed E-state index contributed by atoms with van der Waals surface area (Å²) in [4.78, 5) is 22.5. The van der Waals surface area contributed by atoms with Crippen molar-refractivity contribution in [3.05, 3.63) is 51.0 Å². The van der Waals surface area contributed by atoms with Gasteiger partial charge in [0, 0.05) is 25.3 Å². The molecule has 0 radical (unpaired) electrons. The number of carbonyl (C=O) groups excluding carboxylic acids is 1. The summed E-state index contributed by atoms with van der Waals surface area (Å²) < 4.78 is 68.2. The van der Waals surface area contributed by atoms with Gasteiger partial charge in [-0.15, -0.1) is 11.3 Å². The zero-order chi connectivity index (χ0) is 27.5. The SMILES string of the molecule is O=C1c2sc(-c3nc(Nc4cc5c(cc4Cl)CNCC5)ncc3C(F)(F)F)cc2S(=O)(=O)CCN1C1CCC1. The maximum atomic E-state index is 14.0. The van der Waals surface area contributed by atoms with Gasteiger partial charge in [-0.25, -0.2) is 18.4 Å². The number of anilines is 2. The number of rotatable bonds is 4. The van der Waals surface area contributed by atoms with Crippen molar-refractivity contribution in [3.8, 4) is 10.6 Å². The monoisotopic (exact) mass is 597 g/mol. The van der Waals surface area contributed by atoms with Crippen LogP contribution in [0.3, 0.4) is 0 Å². The van der Waals surface area contributed by atoms with E-state index in [2.05, 4.69) is 20.6 Å². The van der Waals surface area contributed by atoms with Gasteiger partial charge in [-0.1, -0.05) is 11.6 Å². The fraction of sp³-hybridized carbons (Fsp3) is 0.400. The van der Waals surface area contributed by atoms with Gasteiger partial charge in [0.05, 0.1) is 31.9 Å². The summed E-state index contributed by atoms with van der Waals surface area (Å²) in [7, 11) is -3.89. The molecule has 8 nitrogen and oxygen atoms in total. The Balaban J connectivity index is 1.42. The quantitative estimate of drug-likeness (QED) is 0.434. The molecule has 39 heavy (non-hydrogen) atoms. The highest BCUT2D eigenvalue weighted by Crippen LogP contribution is 2.43. The Hall–Kier alpha value is -2.74. The van der Waals surface area contributed by atoms with Crippen LogP contribution in [0.2, 0.25) is 5.02 Å². The number of sulfone groups is 1. The van der Waals surface area contributed by atoms with Gasteiger partial charge >= 0.3 is 6.18 Å². The molecule has 206 valence electrons. The van der Waals surface area contributed by atoms with Crippen molar-refractivity contribution >= 4 is 50.3 Å². The number of carbonyl (C=O) groups is 1. The Morgan fingerprint density at radius 1 is 1.18 bits per heavy atom. The van der Waals surface area contributed by atoms with E-state index in [0.29, 0.717) is 34.8 Å². The molecule has 1 saturated carbocycles. The average Bonchev–Trinajstić information content (AvgIpc) is 3.28. The van der Waals surface area contributed by atoms with Gasteiger partial charge in [-0.2, -0.15) is 13.2 Å². The van der Waals surface area contributed by atoms with Crippen LogP contribution in [0, 0.1) is 0 Å². The molecule has 1 fully saturated rings. The van der Waals surface area contributed by atoms with Crippen molar-refractivity contribution in [2.75, 3.05) is 24.2 Å². The number of benzene rings is 1. The van der Waals surface area contributed by atoms with Crippen LogP contribution in [-0.4, -0.2) is 54.1 Å². The fourth-order valence-electron chi connectivity index (χ4n) is 5.03. The van der Waals surface area contributed by atoms with E-state index in [4.69, 9.17) is 11.6 Å². The normalized spacial score (nSPS) is 19.2. The zero-order valence-electron chi connectivity index (χ0n) is 20.4. The highest BCUT2D eigenvalue weighted by Gasteiger charge is 2.40. The molecule has 4 heterocycles. The molecule has 2 N–H and O–H groups in total. The smallest absolute Gasteiger partial charge is 0.334 e. The number of hydrogen-bond donors (Lipinski definition) is 2. The number of fused-ring (bicyclic) bond motifs is 2. The summed E-state index contributed by atoms with van der Waals surface area (Å²) in [5, 5.41) is 6.53. The molecule has 0 saturated heterocycles. The van der Waals surface area contributed by atoms with Gasteiger partial charge in [-0.3, -0.25) is 4.79 Å². The Kier molecular flexibility index (Phi) is 6.60. The number of thiophene rings is 1. The number of hydrogen-bond acceptors (Lipinski definition) is 8. The van der Waals surface area contributed by atoms with Crippen LogP contribution in [0.4, 0.5) is 24.8 Å². The Morgan fingerprint density at radius 2 is 1.97 bits per heavy atom. The lowest BCUT2D eigenvalue weighted by atomic mass is 9.91. The lowest BCUT2D eigenvalue weighted by Crippen LogP contribution is -2.44. The average molecular weight is 598 g/mol. The minimum Gasteiger partial charge on any atom is -0.334 e. The van der Waals surface area contributed by atoms with Crippen molar-refractivity contribution in [1.82, 2.24) is 20.2 Å². The summed E-state index contributed by atoms with van der Waals surface area (Å²) >= 11 is 7.14. The summed E-state index contributed by atoms with van der Waals surface area (Å²) in [6, 6.07) is 4.70. The molecule has 2 aromatic heterocycles. The van der Waals surface area contributed by atoms with Gasteiger partial charge < -0.3 is 15.5 Å². The number of nitrogens with one attached hydrogen (secondary N) is 2. The van der Waals surface area contributed by atoms with Crippen LogP contribution in [0.1, 0.15) is 45.6 Å². The topological polar surface area (TPSA) is 104 Å². The lowest BCUT2D eigenvalue weighted by molar-refractivity contribution is -0.137. The standard InChI is InChI=1S/C25H23ClF3N5O3S2/c26-17-8-14-11-30-5-4-13(14)9-18(17)32-24-31-12-16(25(27,28)29)21(33-24)19-10-20-22(38-19)23(35)34(15-2-1-3-15)6-7-39(20,36)37/h8-10,12,15,30H,1-7,11H2,(H,31,32,33). The first-order chi connectivity index (χ1) is 18.5. The number of alkyl halides is 3. The van der Waals surface area contributed by atoms with E-state index in [1.807, 2.05) is 6.07 Å². The van der Waals surface area contributed by atoms with Crippen molar-refractivity contribution in [3.63, 3.8) is 0 Å². The molecule has 0 atom stereocenters. The maximum Gasteiger partial charge on any atom is 0.420 e. The first-order valence-corrected chi connectivity index (χ1v) is 15.3. The van der Waals surface area contributed by atoms with Crippen LogP contribution >= 0.6 is 22.9 Å². The predicted octanol–water partition coefficient (Wildman–Crippen LogP) is 5.05. The number of nitrogens with zero attached hydrogens (tertiary/aromatic N) is 3. The van der Waals surface area contributed by atoms with Crippen molar-refractivity contribution in [1.29, 1.82) is 0 Å². The van der Waals surface area contributed by atoms with E-state index in [-0.39, 0.29) is 38.9 Å². The molecule has 14 heteroatoms. The molecular weight excluding hydrogens is 575 g/mol. The van der Waals surface area contributed by atoms with Gasteiger partial charge in [-0.05, 0) is 61.6 Å². The molecule has 3 aromatic rings. The third kappa shape index (κ3) is 4.90. The number of amides is 1. The maximum absolute atomic E-state index is 14.0. The molecular formula is C25H23ClF3N5O3S2. The van der Waals surface area contributed by atoms with Crippen molar-refractivity contribution in [2.45, 2.75) is 49.3 Å². The van der Waals surface area contributed by atoms with Crippen molar-refractivity contribution < 1.29 is 26.4 Å². The third-order valence-corrected chi connectivity index (χ3v) is 10.6. The highest BCUT2D eigenvalue weighted by molar-refractivity contribution is 7.91. The molecule has 6 rings (SSSR count). The molecule has 1 aromatic carbocycles.